The molecule has 0 fully saturated rings. The number of imidazole rings is 1. The van der Waals surface area contributed by atoms with Crippen LogP contribution in [-0.4, -0.2) is 19.9 Å². The van der Waals surface area contributed by atoms with E-state index in [0.29, 0.717) is 5.16 Å². The summed E-state index contributed by atoms with van der Waals surface area (Å²) in [5.74, 6) is 0. The second kappa shape index (κ2) is 2.75. The van der Waals surface area contributed by atoms with Crippen molar-refractivity contribution >= 4 is 23.1 Å². The van der Waals surface area contributed by atoms with Gasteiger partial charge in [-0.3, -0.25) is 19.9 Å². The molecule has 2 aromatic heterocycles. The molecule has 0 spiro atoms. The van der Waals surface area contributed by atoms with Crippen molar-refractivity contribution in [3.05, 3.63) is 20.8 Å². The first-order chi connectivity index (χ1) is 6.20. The Morgan fingerprint density at radius 1 is 1.23 bits per heavy atom. The van der Waals surface area contributed by atoms with E-state index in [4.69, 9.17) is 5.14 Å². The average molecular weight is 199 g/mol. The highest BCUT2D eigenvalue weighted by Gasteiger charge is 2.05. The van der Waals surface area contributed by atoms with Crippen molar-refractivity contribution in [2.24, 2.45) is 5.14 Å². The maximum atomic E-state index is 11.1. The largest absolute Gasteiger partial charge is 0.327 e. The van der Waals surface area contributed by atoms with Crippen LogP contribution in [-0.2, 0) is 0 Å². The molecular weight excluding hydrogens is 194 g/mol. The van der Waals surface area contributed by atoms with E-state index >= 15 is 0 Å². The molecule has 0 bridgehead atoms. The number of hydrogen-bond acceptors (Lipinski definition) is 5. The zero-order valence-corrected chi connectivity index (χ0v) is 7.07. The van der Waals surface area contributed by atoms with Crippen molar-refractivity contribution in [1.82, 2.24) is 19.9 Å². The Hall–Kier alpha value is -1.54. The van der Waals surface area contributed by atoms with Gasteiger partial charge in [0.2, 0.25) is 0 Å². The fourth-order valence-corrected chi connectivity index (χ4v) is 1.27. The fraction of sp³-hybridized carbons (Fsp3) is 0. The smallest absolute Gasteiger partial charge is 0.326 e. The van der Waals surface area contributed by atoms with E-state index in [1.54, 1.807) is 0 Å². The van der Waals surface area contributed by atoms with Crippen molar-refractivity contribution < 1.29 is 0 Å². The summed E-state index contributed by atoms with van der Waals surface area (Å²) in [6, 6.07) is 0. The van der Waals surface area contributed by atoms with Crippen LogP contribution in [0.1, 0.15) is 0 Å². The Balaban J connectivity index is 2.91. The van der Waals surface area contributed by atoms with E-state index < -0.39 is 11.2 Å². The fourth-order valence-electron chi connectivity index (χ4n) is 0.967. The molecule has 0 atom stereocenters. The van der Waals surface area contributed by atoms with Crippen LogP contribution in [0.15, 0.2) is 14.7 Å². The lowest BCUT2D eigenvalue weighted by Gasteiger charge is -1.83. The van der Waals surface area contributed by atoms with Crippen LogP contribution in [0.3, 0.4) is 0 Å². The SMILES string of the molecule is NSc1nc2[nH]c(=O)[nH]c(=O)c2[nH]1. The molecule has 0 aliphatic carbocycles. The zero-order chi connectivity index (χ0) is 9.42. The zero-order valence-electron chi connectivity index (χ0n) is 6.25. The second-order valence-electron chi connectivity index (χ2n) is 2.29. The van der Waals surface area contributed by atoms with Gasteiger partial charge in [-0.15, -0.1) is 0 Å². The predicted octanol–water partition coefficient (Wildman–Crippen LogP) is -1.09. The topological polar surface area (TPSA) is 120 Å². The molecule has 0 aliphatic rings. The molecule has 0 aromatic carbocycles. The summed E-state index contributed by atoms with van der Waals surface area (Å²) >= 11 is 0.868. The molecule has 0 saturated heterocycles. The van der Waals surface area contributed by atoms with Gasteiger partial charge in [-0.2, -0.15) is 0 Å². The third-order valence-corrected chi connectivity index (χ3v) is 1.90. The molecule has 0 saturated carbocycles. The summed E-state index contributed by atoms with van der Waals surface area (Å²) in [7, 11) is 0. The van der Waals surface area contributed by atoms with Gasteiger partial charge in [-0.1, -0.05) is 0 Å². The molecule has 2 aromatic rings. The van der Waals surface area contributed by atoms with Crippen LogP contribution in [0.4, 0.5) is 0 Å². The Morgan fingerprint density at radius 3 is 2.69 bits per heavy atom. The van der Waals surface area contributed by atoms with E-state index in [1.807, 2.05) is 0 Å². The Kier molecular flexibility index (Phi) is 1.71. The number of fused-ring (bicyclic) bond motifs is 1. The summed E-state index contributed by atoms with van der Waals surface area (Å²) in [5, 5.41) is 5.60. The minimum absolute atomic E-state index is 0.210. The predicted molar refractivity (Wildman–Crippen MR) is 47.4 cm³/mol. The van der Waals surface area contributed by atoms with Crippen LogP contribution >= 0.6 is 11.9 Å². The highest BCUT2D eigenvalue weighted by molar-refractivity contribution is 7.96. The van der Waals surface area contributed by atoms with Gasteiger partial charge in [-0.05, 0) is 11.9 Å². The normalized spacial score (nSPS) is 10.8. The Morgan fingerprint density at radius 2 is 2.00 bits per heavy atom. The van der Waals surface area contributed by atoms with E-state index in [1.165, 1.54) is 0 Å². The number of nitrogens with two attached hydrogens (primary N) is 1. The average Bonchev–Trinajstić information content (AvgIpc) is 2.47. The van der Waals surface area contributed by atoms with Crippen LogP contribution in [0.2, 0.25) is 0 Å². The number of nitrogens with one attached hydrogen (secondary N) is 3. The maximum absolute atomic E-state index is 11.1. The minimum Gasteiger partial charge on any atom is -0.326 e. The molecule has 13 heavy (non-hydrogen) atoms. The molecule has 68 valence electrons. The first-order valence-corrected chi connectivity index (χ1v) is 4.17. The number of hydrogen-bond donors (Lipinski definition) is 4. The molecule has 0 unspecified atom stereocenters. The van der Waals surface area contributed by atoms with Gasteiger partial charge in [0.15, 0.2) is 10.8 Å². The Bertz CT molecular complexity index is 552. The van der Waals surface area contributed by atoms with Crippen molar-refractivity contribution in [3.8, 4) is 0 Å². The van der Waals surface area contributed by atoms with Gasteiger partial charge in [-0.25, -0.2) is 9.78 Å². The number of nitrogens with zero attached hydrogens (tertiary/aromatic N) is 1. The maximum Gasteiger partial charge on any atom is 0.327 e. The van der Waals surface area contributed by atoms with Crippen LogP contribution in [0, 0.1) is 0 Å². The third-order valence-electron chi connectivity index (χ3n) is 1.48. The van der Waals surface area contributed by atoms with Crippen molar-refractivity contribution in [2.45, 2.75) is 5.16 Å². The van der Waals surface area contributed by atoms with Crippen molar-refractivity contribution in [3.63, 3.8) is 0 Å². The molecule has 2 rings (SSSR count). The van der Waals surface area contributed by atoms with E-state index in [0.717, 1.165) is 11.9 Å². The molecule has 0 aliphatic heterocycles. The highest BCUT2D eigenvalue weighted by Crippen LogP contribution is 2.08. The number of H-pyrrole nitrogens is 3. The van der Waals surface area contributed by atoms with Crippen LogP contribution < -0.4 is 16.4 Å². The summed E-state index contributed by atoms with van der Waals surface area (Å²) < 4.78 is 0. The first kappa shape index (κ1) is 8.08. The standard InChI is InChI=1S/C5H5N5O2S/c6-13-5-7-1-2(9-5)8-4(12)10-3(1)11/h6H2,(H3,7,8,9,10,11,12). The lowest BCUT2D eigenvalue weighted by molar-refractivity contribution is 1.06. The van der Waals surface area contributed by atoms with E-state index in [2.05, 4.69) is 19.9 Å². The lowest BCUT2D eigenvalue weighted by Crippen LogP contribution is -2.21. The van der Waals surface area contributed by atoms with Gasteiger partial charge < -0.3 is 4.98 Å². The lowest BCUT2D eigenvalue weighted by atomic mass is 10.5. The molecule has 2 heterocycles. The molecule has 5 N–H and O–H groups in total. The molecule has 0 radical (unpaired) electrons. The van der Waals surface area contributed by atoms with Gasteiger partial charge in [0.05, 0.1) is 0 Å². The molecular formula is C5H5N5O2S. The summed E-state index contributed by atoms with van der Waals surface area (Å²) in [6.45, 7) is 0. The Labute approximate surface area is 74.9 Å². The second-order valence-corrected chi connectivity index (χ2v) is 2.91. The summed E-state index contributed by atoms with van der Waals surface area (Å²) in [5.41, 5.74) is -0.668. The number of rotatable bonds is 1. The van der Waals surface area contributed by atoms with Gasteiger partial charge in [0, 0.05) is 0 Å². The number of aromatic amines is 3. The number of aromatic nitrogens is 4. The third kappa shape index (κ3) is 1.25. The van der Waals surface area contributed by atoms with Crippen molar-refractivity contribution in [2.75, 3.05) is 0 Å². The van der Waals surface area contributed by atoms with Gasteiger partial charge in [0.25, 0.3) is 5.56 Å². The van der Waals surface area contributed by atoms with Gasteiger partial charge >= 0.3 is 5.69 Å². The van der Waals surface area contributed by atoms with Crippen LogP contribution in [0.25, 0.3) is 11.2 Å². The summed E-state index contributed by atoms with van der Waals surface area (Å²) in [6.07, 6.45) is 0. The molecule has 7 nitrogen and oxygen atoms in total. The van der Waals surface area contributed by atoms with E-state index in [9.17, 15) is 9.59 Å². The van der Waals surface area contributed by atoms with Crippen molar-refractivity contribution in [1.29, 1.82) is 0 Å². The highest BCUT2D eigenvalue weighted by atomic mass is 32.2. The first-order valence-electron chi connectivity index (χ1n) is 3.30. The van der Waals surface area contributed by atoms with Gasteiger partial charge in [0.1, 0.15) is 5.52 Å². The molecule has 8 heteroatoms. The summed E-state index contributed by atoms with van der Waals surface area (Å²) in [4.78, 5) is 32.9. The van der Waals surface area contributed by atoms with E-state index in [-0.39, 0.29) is 11.2 Å². The quantitative estimate of drug-likeness (QED) is 0.435. The minimum atomic E-state index is -0.586. The van der Waals surface area contributed by atoms with Crippen LogP contribution in [0.5, 0.6) is 0 Å². The monoisotopic (exact) mass is 199 g/mol. The molecule has 0 amide bonds.